The van der Waals surface area contributed by atoms with Gasteiger partial charge in [0, 0.05) is 38.4 Å². The lowest BCUT2D eigenvalue weighted by molar-refractivity contribution is 0.509. The molecule has 8 nitrogen and oxygen atoms in total. The molecule has 6 rings (SSSR count). The highest BCUT2D eigenvalue weighted by atomic mass is 16.1. The van der Waals surface area contributed by atoms with Crippen molar-refractivity contribution < 1.29 is 0 Å². The van der Waals surface area contributed by atoms with Crippen LogP contribution in [0.1, 0.15) is 51.0 Å². The minimum Gasteiger partial charge on any atom is -0.340 e. The van der Waals surface area contributed by atoms with E-state index in [1.54, 1.807) is 17.0 Å². The lowest BCUT2D eigenvalue weighted by Crippen LogP contribution is -2.24. The van der Waals surface area contributed by atoms with Crippen LogP contribution >= 0.6 is 0 Å². The van der Waals surface area contributed by atoms with Gasteiger partial charge in [-0.05, 0) is 43.6 Å². The Kier molecular flexibility index (Phi) is 3.91. The van der Waals surface area contributed by atoms with E-state index >= 15 is 0 Å². The van der Waals surface area contributed by atoms with Gasteiger partial charge >= 0.3 is 5.69 Å². The van der Waals surface area contributed by atoms with Crippen molar-refractivity contribution in [3.63, 3.8) is 0 Å². The maximum Gasteiger partial charge on any atom is 0.329 e. The largest absolute Gasteiger partial charge is 0.340 e. The van der Waals surface area contributed by atoms with Crippen LogP contribution in [0.15, 0.2) is 29.3 Å². The first-order valence-corrected chi connectivity index (χ1v) is 11.0. The van der Waals surface area contributed by atoms with Crippen LogP contribution in [-0.2, 0) is 7.05 Å². The summed E-state index contributed by atoms with van der Waals surface area (Å²) in [4.78, 5) is 28.9. The topological polar surface area (TPSA) is 80.9 Å². The SMILES string of the molecule is Cn1c(=O)n(C2CCCC2)c2cc(Nc3ccnc(N4CCC5(CC5)C4)n3)ncc21. The Morgan fingerprint density at radius 2 is 1.93 bits per heavy atom. The van der Waals surface area contributed by atoms with E-state index in [0.717, 1.165) is 48.7 Å². The Labute approximate surface area is 175 Å². The summed E-state index contributed by atoms with van der Waals surface area (Å²) in [5.74, 6) is 2.21. The third-order valence-corrected chi connectivity index (χ3v) is 7.24. The van der Waals surface area contributed by atoms with Crippen molar-refractivity contribution in [2.45, 2.75) is 51.0 Å². The van der Waals surface area contributed by atoms with Gasteiger partial charge in [-0.2, -0.15) is 4.98 Å². The summed E-state index contributed by atoms with van der Waals surface area (Å²) in [7, 11) is 1.82. The van der Waals surface area contributed by atoms with Gasteiger partial charge in [-0.3, -0.25) is 9.13 Å². The molecule has 30 heavy (non-hydrogen) atoms. The van der Waals surface area contributed by atoms with Crippen molar-refractivity contribution in [3.8, 4) is 0 Å². The molecule has 0 unspecified atom stereocenters. The molecule has 1 aliphatic heterocycles. The van der Waals surface area contributed by atoms with Gasteiger partial charge in [0.1, 0.15) is 11.6 Å². The molecule has 1 saturated heterocycles. The van der Waals surface area contributed by atoms with Gasteiger partial charge in [-0.25, -0.2) is 14.8 Å². The Morgan fingerprint density at radius 3 is 2.70 bits per heavy atom. The summed E-state index contributed by atoms with van der Waals surface area (Å²) in [6.45, 7) is 2.10. The van der Waals surface area contributed by atoms with Crippen LogP contribution in [0.2, 0.25) is 0 Å². The van der Waals surface area contributed by atoms with Crippen LogP contribution in [-0.4, -0.2) is 37.2 Å². The fourth-order valence-electron chi connectivity index (χ4n) is 5.23. The smallest absolute Gasteiger partial charge is 0.329 e. The van der Waals surface area contributed by atoms with E-state index in [0.29, 0.717) is 11.2 Å². The molecule has 0 amide bonds. The summed E-state index contributed by atoms with van der Waals surface area (Å²) < 4.78 is 3.66. The number of anilines is 3. The first-order valence-electron chi connectivity index (χ1n) is 11.0. The molecular weight excluding hydrogens is 378 g/mol. The molecule has 2 aliphatic carbocycles. The monoisotopic (exact) mass is 405 g/mol. The van der Waals surface area contributed by atoms with Crippen LogP contribution in [0.3, 0.4) is 0 Å². The van der Waals surface area contributed by atoms with Gasteiger partial charge in [0.15, 0.2) is 0 Å². The molecular formula is C22H27N7O. The zero-order valence-corrected chi connectivity index (χ0v) is 17.3. The predicted molar refractivity (Wildman–Crippen MR) is 116 cm³/mol. The van der Waals surface area contributed by atoms with Crippen LogP contribution in [0.5, 0.6) is 0 Å². The van der Waals surface area contributed by atoms with E-state index in [9.17, 15) is 4.79 Å². The molecule has 8 heteroatoms. The predicted octanol–water partition coefficient (Wildman–Crippen LogP) is 3.37. The highest BCUT2D eigenvalue weighted by molar-refractivity contribution is 5.79. The molecule has 3 aliphatic rings. The zero-order valence-electron chi connectivity index (χ0n) is 17.3. The van der Waals surface area contributed by atoms with Crippen LogP contribution in [0.4, 0.5) is 17.6 Å². The third kappa shape index (κ3) is 2.88. The molecule has 4 heterocycles. The number of hydrogen-bond acceptors (Lipinski definition) is 6. The average Bonchev–Trinajstić information content (AvgIpc) is 3.07. The van der Waals surface area contributed by atoms with Gasteiger partial charge < -0.3 is 10.2 Å². The Balaban J connectivity index is 1.31. The first-order chi connectivity index (χ1) is 14.6. The third-order valence-electron chi connectivity index (χ3n) is 7.24. The fourth-order valence-corrected chi connectivity index (χ4v) is 5.23. The van der Waals surface area contributed by atoms with Crippen LogP contribution < -0.4 is 15.9 Å². The summed E-state index contributed by atoms with van der Waals surface area (Å²) in [6.07, 6.45) is 12.0. The van der Waals surface area contributed by atoms with E-state index in [-0.39, 0.29) is 11.7 Å². The number of nitrogens with one attached hydrogen (secondary N) is 1. The second kappa shape index (κ2) is 6.55. The maximum absolute atomic E-state index is 12.8. The molecule has 3 fully saturated rings. The number of rotatable bonds is 4. The van der Waals surface area contributed by atoms with Crippen molar-refractivity contribution in [2.75, 3.05) is 23.3 Å². The molecule has 0 radical (unpaired) electrons. The molecule has 0 bridgehead atoms. The highest BCUT2D eigenvalue weighted by Gasteiger charge is 2.48. The average molecular weight is 406 g/mol. The van der Waals surface area contributed by atoms with Crippen molar-refractivity contribution in [1.29, 1.82) is 0 Å². The number of hydrogen-bond donors (Lipinski definition) is 1. The van der Waals surface area contributed by atoms with Crippen molar-refractivity contribution in [1.82, 2.24) is 24.1 Å². The van der Waals surface area contributed by atoms with Gasteiger partial charge in [-0.1, -0.05) is 12.8 Å². The highest BCUT2D eigenvalue weighted by Crippen LogP contribution is 2.53. The molecule has 1 N–H and O–H groups in total. The zero-order chi connectivity index (χ0) is 20.3. The summed E-state index contributed by atoms with van der Waals surface area (Å²) >= 11 is 0. The van der Waals surface area contributed by atoms with Gasteiger partial charge in [0.25, 0.3) is 0 Å². The van der Waals surface area contributed by atoms with E-state index in [1.165, 1.54) is 32.1 Å². The fraction of sp³-hybridized carbons (Fsp3) is 0.545. The summed E-state index contributed by atoms with van der Waals surface area (Å²) in [5, 5.41) is 3.33. The molecule has 2 saturated carbocycles. The minimum absolute atomic E-state index is 0.0446. The molecule has 156 valence electrons. The number of aryl methyl sites for hydroxylation is 1. The second-order valence-electron chi connectivity index (χ2n) is 9.25. The maximum atomic E-state index is 12.8. The van der Waals surface area contributed by atoms with Crippen molar-refractivity contribution in [2.24, 2.45) is 12.5 Å². The number of pyridine rings is 1. The number of imidazole rings is 1. The molecule has 3 aromatic rings. The standard InChI is InChI=1S/C22H27N7O/c1-27-17-13-24-19(12-16(17)29(21(27)30)15-4-2-3-5-15)25-18-6-10-23-20(26-18)28-11-9-22(14-28)7-8-22/h6,10,12-13,15H,2-5,7-9,11,14H2,1H3,(H,23,24,25,26). The lowest BCUT2D eigenvalue weighted by atomic mass is 10.1. The van der Waals surface area contributed by atoms with Crippen molar-refractivity contribution >= 4 is 28.6 Å². The Morgan fingerprint density at radius 1 is 1.10 bits per heavy atom. The van der Waals surface area contributed by atoms with E-state index in [2.05, 4.69) is 20.2 Å². The molecule has 1 spiro atoms. The van der Waals surface area contributed by atoms with Crippen LogP contribution in [0, 0.1) is 5.41 Å². The van der Waals surface area contributed by atoms with E-state index < -0.39 is 0 Å². The van der Waals surface area contributed by atoms with Gasteiger partial charge in [0.2, 0.25) is 5.95 Å². The van der Waals surface area contributed by atoms with E-state index in [4.69, 9.17) is 4.98 Å². The molecule has 0 aromatic carbocycles. The van der Waals surface area contributed by atoms with E-state index in [1.807, 2.05) is 23.7 Å². The molecule has 0 atom stereocenters. The normalized spacial score (nSPS) is 20.5. The number of fused-ring (bicyclic) bond motifs is 1. The van der Waals surface area contributed by atoms with Gasteiger partial charge in [0.05, 0.1) is 17.2 Å². The second-order valence-corrected chi connectivity index (χ2v) is 9.25. The van der Waals surface area contributed by atoms with Crippen LogP contribution in [0.25, 0.3) is 11.0 Å². The minimum atomic E-state index is 0.0446. The lowest BCUT2D eigenvalue weighted by Gasteiger charge is -2.17. The first kappa shape index (κ1) is 17.9. The number of aromatic nitrogens is 5. The number of nitrogens with zero attached hydrogens (tertiary/aromatic N) is 6. The summed E-state index contributed by atoms with van der Waals surface area (Å²) in [6, 6.07) is 4.13. The quantitative estimate of drug-likeness (QED) is 0.717. The van der Waals surface area contributed by atoms with Gasteiger partial charge in [-0.15, -0.1) is 0 Å². The Hall–Kier alpha value is -2.90. The molecule has 3 aromatic heterocycles. The van der Waals surface area contributed by atoms with Crippen molar-refractivity contribution in [3.05, 3.63) is 35.0 Å². The Bertz CT molecular complexity index is 1170. The summed E-state index contributed by atoms with van der Waals surface area (Å²) in [5.41, 5.74) is 2.39.